The maximum Gasteiger partial charge on any atom is 0.222 e. The van der Waals surface area contributed by atoms with Crippen molar-refractivity contribution in [2.45, 2.75) is 41.0 Å². The van der Waals surface area contributed by atoms with E-state index in [1.165, 1.54) is 0 Å². The molecule has 136 valence electrons. The van der Waals surface area contributed by atoms with Gasteiger partial charge in [0.15, 0.2) is 0 Å². The number of aromatic nitrogens is 2. The molecule has 0 aliphatic heterocycles. The monoisotopic (exact) mass is 337 g/mol. The molecule has 7 nitrogen and oxygen atoms in total. The highest BCUT2D eigenvalue weighted by molar-refractivity contribution is 5.78. The van der Waals surface area contributed by atoms with Gasteiger partial charge in [0.05, 0.1) is 17.9 Å². The molecule has 0 fully saturated rings. The summed E-state index contributed by atoms with van der Waals surface area (Å²) < 4.78 is 0. The van der Waals surface area contributed by atoms with Crippen molar-refractivity contribution in [3.8, 4) is 0 Å². The minimum atomic E-state index is -0.384. The first-order valence-corrected chi connectivity index (χ1v) is 8.22. The van der Waals surface area contributed by atoms with Crippen molar-refractivity contribution < 1.29 is 9.59 Å². The Hall–Kier alpha value is -1.89. The molecule has 0 bridgehead atoms. The predicted octanol–water partition coefficient (Wildman–Crippen LogP) is 0.817. The Kier molecular flexibility index (Phi) is 6.54. The second-order valence-electron chi connectivity index (χ2n) is 8.16. The van der Waals surface area contributed by atoms with E-state index in [4.69, 9.17) is 11.5 Å². The Balaban J connectivity index is 2.71. The highest BCUT2D eigenvalue weighted by Gasteiger charge is 2.35. The molecule has 1 heterocycles. The number of nitrogens with two attached hydrogens (primary N) is 2. The lowest BCUT2D eigenvalue weighted by Crippen LogP contribution is -2.47. The molecular weight excluding hydrogens is 306 g/mol. The largest absolute Gasteiger partial charge is 0.369 e. The lowest BCUT2D eigenvalue weighted by atomic mass is 9.75. The normalized spacial score (nSPS) is 15.0. The number of rotatable bonds is 9. The van der Waals surface area contributed by atoms with E-state index in [2.05, 4.69) is 15.3 Å². The molecule has 6 N–H and O–H groups in total. The van der Waals surface area contributed by atoms with Crippen LogP contribution in [0.2, 0.25) is 0 Å². The fourth-order valence-electron chi connectivity index (χ4n) is 2.87. The van der Waals surface area contributed by atoms with Crippen LogP contribution in [0.4, 0.5) is 0 Å². The van der Waals surface area contributed by atoms with E-state index >= 15 is 0 Å². The number of nitrogens with zero attached hydrogens (tertiary/aromatic N) is 1. The Morgan fingerprint density at radius 3 is 2.17 bits per heavy atom. The second kappa shape index (κ2) is 7.79. The van der Waals surface area contributed by atoms with Gasteiger partial charge in [0, 0.05) is 31.6 Å². The van der Waals surface area contributed by atoms with Gasteiger partial charge in [-0.15, -0.1) is 0 Å². The zero-order valence-electron chi connectivity index (χ0n) is 15.3. The van der Waals surface area contributed by atoms with Gasteiger partial charge in [-0.1, -0.05) is 34.6 Å². The van der Waals surface area contributed by atoms with Crippen molar-refractivity contribution in [1.29, 1.82) is 0 Å². The molecule has 0 spiro atoms. The lowest BCUT2D eigenvalue weighted by Gasteiger charge is -2.34. The van der Waals surface area contributed by atoms with Crippen LogP contribution in [0.15, 0.2) is 12.5 Å². The standard InChI is InChI=1S/C17H31N5O2/c1-16(2,3)13(15(19)24)8-20-9-17(4,5)12(14(18)23)6-11-7-21-10-22-11/h7,10,12-13,20H,6,8-9H2,1-5H3,(H2,18,23)(H2,19,24)(H,21,22)/t12-,13-/m0/s1. The molecule has 2 amide bonds. The zero-order valence-corrected chi connectivity index (χ0v) is 15.3. The second-order valence-corrected chi connectivity index (χ2v) is 8.16. The molecule has 1 aromatic heterocycles. The van der Waals surface area contributed by atoms with Gasteiger partial charge in [0.1, 0.15) is 0 Å². The first-order chi connectivity index (χ1) is 10.9. The SMILES string of the molecule is CC(C)(C)[C@@H](CNCC(C)(C)[C@@H](Cc1c[nH]cn1)C(N)=O)C(N)=O. The van der Waals surface area contributed by atoms with Crippen LogP contribution in [-0.4, -0.2) is 34.9 Å². The molecule has 0 saturated carbocycles. The molecule has 24 heavy (non-hydrogen) atoms. The number of primary amides is 2. The van der Waals surface area contributed by atoms with E-state index in [9.17, 15) is 9.59 Å². The third-order valence-corrected chi connectivity index (χ3v) is 4.57. The van der Waals surface area contributed by atoms with E-state index in [1.54, 1.807) is 12.5 Å². The molecule has 2 atom stereocenters. The predicted molar refractivity (Wildman–Crippen MR) is 93.8 cm³/mol. The van der Waals surface area contributed by atoms with Gasteiger partial charge >= 0.3 is 0 Å². The van der Waals surface area contributed by atoms with Crippen LogP contribution in [0, 0.1) is 22.7 Å². The molecule has 0 unspecified atom stereocenters. The lowest BCUT2D eigenvalue weighted by molar-refractivity contribution is -0.126. The van der Waals surface area contributed by atoms with Gasteiger partial charge in [-0.2, -0.15) is 0 Å². The zero-order chi connectivity index (χ0) is 18.5. The number of hydrogen-bond donors (Lipinski definition) is 4. The first-order valence-electron chi connectivity index (χ1n) is 8.22. The highest BCUT2D eigenvalue weighted by atomic mass is 16.1. The highest BCUT2D eigenvalue weighted by Crippen LogP contribution is 2.30. The van der Waals surface area contributed by atoms with Crippen molar-refractivity contribution >= 4 is 11.8 Å². The number of amides is 2. The maximum atomic E-state index is 11.9. The fourth-order valence-corrected chi connectivity index (χ4v) is 2.87. The van der Waals surface area contributed by atoms with Crippen molar-refractivity contribution in [1.82, 2.24) is 15.3 Å². The molecule has 1 rings (SSSR count). The van der Waals surface area contributed by atoms with Crippen molar-refractivity contribution in [3.63, 3.8) is 0 Å². The van der Waals surface area contributed by atoms with Gasteiger partial charge in [-0.3, -0.25) is 9.59 Å². The van der Waals surface area contributed by atoms with E-state index in [-0.39, 0.29) is 34.5 Å². The summed E-state index contributed by atoms with van der Waals surface area (Å²) in [6.45, 7) is 10.9. The van der Waals surface area contributed by atoms with E-state index in [0.29, 0.717) is 19.5 Å². The molecule has 0 aliphatic rings. The van der Waals surface area contributed by atoms with Gasteiger partial charge in [-0.05, 0) is 10.8 Å². The third-order valence-electron chi connectivity index (χ3n) is 4.57. The summed E-state index contributed by atoms with van der Waals surface area (Å²) >= 11 is 0. The van der Waals surface area contributed by atoms with E-state index < -0.39 is 0 Å². The fraction of sp³-hybridized carbons (Fsp3) is 0.706. The van der Waals surface area contributed by atoms with Crippen LogP contribution in [0.25, 0.3) is 0 Å². The Morgan fingerprint density at radius 1 is 1.17 bits per heavy atom. The topological polar surface area (TPSA) is 127 Å². The van der Waals surface area contributed by atoms with Crippen LogP contribution in [0.5, 0.6) is 0 Å². The molecule has 0 saturated heterocycles. The smallest absolute Gasteiger partial charge is 0.222 e. The first kappa shape index (κ1) is 20.2. The van der Waals surface area contributed by atoms with Crippen LogP contribution >= 0.6 is 0 Å². The maximum absolute atomic E-state index is 11.9. The number of hydrogen-bond acceptors (Lipinski definition) is 4. The van der Waals surface area contributed by atoms with Crippen molar-refractivity contribution in [3.05, 3.63) is 18.2 Å². The average molecular weight is 337 g/mol. The van der Waals surface area contributed by atoms with E-state index in [1.807, 2.05) is 34.6 Å². The van der Waals surface area contributed by atoms with Crippen LogP contribution < -0.4 is 16.8 Å². The summed E-state index contributed by atoms with van der Waals surface area (Å²) in [6.07, 6.45) is 3.83. The summed E-state index contributed by atoms with van der Waals surface area (Å²) in [6, 6.07) is 0. The number of carbonyl (C=O) groups excluding carboxylic acids is 2. The third kappa shape index (κ3) is 5.63. The quantitative estimate of drug-likeness (QED) is 0.532. The van der Waals surface area contributed by atoms with Crippen molar-refractivity contribution in [2.24, 2.45) is 34.1 Å². The Bertz CT molecular complexity index is 546. The molecule has 0 radical (unpaired) electrons. The summed E-state index contributed by atoms with van der Waals surface area (Å²) in [7, 11) is 0. The number of H-pyrrole nitrogens is 1. The van der Waals surface area contributed by atoms with Gasteiger partial charge in [0.2, 0.25) is 11.8 Å². The number of nitrogens with one attached hydrogen (secondary N) is 2. The number of aromatic amines is 1. The van der Waals surface area contributed by atoms with Crippen LogP contribution in [-0.2, 0) is 16.0 Å². The molecule has 7 heteroatoms. The minimum absolute atomic E-state index is 0.221. The van der Waals surface area contributed by atoms with Crippen LogP contribution in [0.1, 0.15) is 40.3 Å². The average Bonchev–Trinajstić information content (AvgIpc) is 2.91. The van der Waals surface area contributed by atoms with Gasteiger partial charge < -0.3 is 21.8 Å². The number of imidazole rings is 1. The number of carbonyl (C=O) groups is 2. The van der Waals surface area contributed by atoms with Crippen LogP contribution in [0.3, 0.4) is 0 Å². The Labute approximate surface area is 144 Å². The molecule has 0 aliphatic carbocycles. The van der Waals surface area contributed by atoms with Gasteiger partial charge in [0.25, 0.3) is 0 Å². The molecule has 1 aromatic rings. The minimum Gasteiger partial charge on any atom is -0.369 e. The Morgan fingerprint density at radius 2 is 1.75 bits per heavy atom. The summed E-state index contributed by atoms with van der Waals surface area (Å²) in [4.78, 5) is 30.6. The van der Waals surface area contributed by atoms with Crippen molar-refractivity contribution in [2.75, 3.05) is 13.1 Å². The molecular formula is C17H31N5O2. The summed E-state index contributed by atoms with van der Waals surface area (Å²) in [5.74, 6) is -1.33. The molecule has 0 aromatic carbocycles. The van der Waals surface area contributed by atoms with E-state index in [0.717, 1.165) is 5.69 Å². The summed E-state index contributed by atoms with van der Waals surface area (Å²) in [5.41, 5.74) is 11.3. The summed E-state index contributed by atoms with van der Waals surface area (Å²) in [5, 5.41) is 3.29. The van der Waals surface area contributed by atoms with Gasteiger partial charge in [-0.25, -0.2) is 4.98 Å².